The quantitative estimate of drug-likeness (QED) is 0.927. The van der Waals surface area contributed by atoms with Gasteiger partial charge in [0.25, 0.3) is 0 Å². The molecule has 0 aliphatic rings. The molecule has 0 heterocycles. The summed E-state index contributed by atoms with van der Waals surface area (Å²) in [6.45, 7) is 1.56. The number of aliphatic hydroxyl groups is 1. The monoisotopic (exact) mass is 292 g/mol. The van der Waals surface area contributed by atoms with E-state index in [0.717, 1.165) is 0 Å². The molecule has 1 aromatic rings. The minimum atomic E-state index is -0.425. The molecular weight excluding hydrogens is 279 g/mol. The van der Waals surface area contributed by atoms with E-state index in [2.05, 4.69) is 15.9 Å². The molecule has 0 spiro atoms. The van der Waals surface area contributed by atoms with Gasteiger partial charge in [0.1, 0.15) is 5.82 Å². The molecule has 0 aliphatic heterocycles. The van der Waals surface area contributed by atoms with Gasteiger partial charge in [-0.3, -0.25) is 0 Å². The van der Waals surface area contributed by atoms with Gasteiger partial charge in [-0.2, -0.15) is 0 Å². The van der Waals surface area contributed by atoms with E-state index in [1.165, 1.54) is 20.3 Å². The highest BCUT2D eigenvalue weighted by Crippen LogP contribution is 2.42. The smallest absolute Gasteiger partial charge is 0.175 e. The van der Waals surface area contributed by atoms with Crippen LogP contribution in [0.4, 0.5) is 4.39 Å². The van der Waals surface area contributed by atoms with Crippen molar-refractivity contribution < 1.29 is 19.0 Å². The van der Waals surface area contributed by atoms with E-state index in [9.17, 15) is 4.39 Å². The Morgan fingerprint density at radius 3 is 2.38 bits per heavy atom. The van der Waals surface area contributed by atoms with Gasteiger partial charge in [0.15, 0.2) is 11.5 Å². The molecule has 0 aromatic heterocycles. The van der Waals surface area contributed by atoms with Gasteiger partial charge in [0, 0.05) is 18.1 Å². The fraction of sp³-hybridized carbons (Fsp3) is 0.455. The molecule has 1 unspecified atom stereocenters. The van der Waals surface area contributed by atoms with E-state index >= 15 is 0 Å². The van der Waals surface area contributed by atoms with Crippen LogP contribution in [0.3, 0.4) is 0 Å². The molecule has 1 rings (SSSR count). The van der Waals surface area contributed by atoms with Gasteiger partial charge in [-0.25, -0.2) is 4.39 Å². The summed E-state index contributed by atoms with van der Waals surface area (Å²) < 4.78 is 24.5. The van der Waals surface area contributed by atoms with Gasteiger partial charge in [-0.05, 0) is 22.0 Å². The van der Waals surface area contributed by atoms with E-state index < -0.39 is 5.82 Å². The third kappa shape index (κ3) is 2.30. The van der Waals surface area contributed by atoms with E-state index in [1.54, 1.807) is 6.92 Å². The summed E-state index contributed by atoms with van der Waals surface area (Å²) >= 11 is 3.20. The summed E-state index contributed by atoms with van der Waals surface area (Å²) in [7, 11) is 2.92. The number of rotatable bonds is 4. The Morgan fingerprint density at radius 1 is 1.38 bits per heavy atom. The number of aliphatic hydroxyl groups excluding tert-OH is 1. The lowest BCUT2D eigenvalue weighted by molar-refractivity contribution is 0.264. The van der Waals surface area contributed by atoms with E-state index in [1.807, 2.05) is 0 Å². The summed E-state index contributed by atoms with van der Waals surface area (Å²) in [4.78, 5) is 0. The highest BCUT2D eigenvalue weighted by Gasteiger charge is 2.22. The lowest BCUT2D eigenvalue weighted by Crippen LogP contribution is -2.06. The number of halogens is 2. The van der Waals surface area contributed by atoms with Gasteiger partial charge >= 0.3 is 0 Å². The van der Waals surface area contributed by atoms with Crippen molar-refractivity contribution in [1.82, 2.24) is 0 Å². The fourth-order valence-corrected chi connectivity index (χ4v) is 2.08. The Morgan fingerprint density at radius 2 is 1.94 bits per heavy atom. The molecule has 1 N–H and O–H groups in total. The van der Waals surface area contributed by atoms with Crippen LogP contribution in [0.5, 0.6) is 11.5 Å². The first-order valence-corrected chi connectivity index (χ1v) is 5.56. The average molecular weight is 293 g/mol. The van der Waals surface area contributed by atoms with Crippen LogP contribution in [0, 0.1) is 5.82 Å². The molecule has 0 amide bonds. The second-order valence-corrected chi connectivity index (χ2v) is 4.26. The van der Waals surface area contributed by atoms with Crippen molar-refractivity contribution >= 4 is 15.9 Å². The topological polar surface area (TPSA) is 38.7 Å². The summed E-state index contributed by atoms with van der Waals surface area (Å²) in [6.07, 6.45) is 0. The van der Waals surface area contributed by atoms with Crippen LogP contribution < -0.4 is 9.47 Å². The molecule has 0 bridgehead atoms. The molecule has 90 valence electrons. The number of ether oxygens (including phenoxy) is 2. The van der Waals surface area contributed by atoms with Crippen molar-refractivity contribution in [1.29, 1.82) is 0 Å². The highest BCUT2D eigenvalue weighted by molar-refractivity contribution is 9.10. The largest absolute Gasteiger partial charge is 0.492 e. The summed E-state index contributed by atoms with van der Waals surface area (Å²) in [6, 6.07) is 1.31. The predicted molar refractivity (Wildman–Crippen MR) is 62.7 cm³/mol. The summed E-state index contributed by atoms with van der Waals surface area (Å²) in [5, 5.41) is 9.09. The molecule has 0 fully saturated rings. The Kier molecular flexibility index (Phi) is 4.56. The molecule has 1 aromatic carbocycles. The summed E-state index contributed by atoms with van der Waals surface area (Å²) in [5.41, 5.74) is 0.324. The molecule has 3 nitrogen and oxygen atoms in total. The summed E-state index contributed by atoms with van der Waals surface area (Å²) in [5.74, 6) is -0.0295. The maximum absolute atomic E-state index is 13.8. The lowest BCUT2D eigenvalue weighted by atomic mass is 10.00. The molecule has 5 heteroatoms. The van der Waals surface area contributed by atoms with Crippen molar-refractivity contribution in [2.45, 2.75) is 12.8 Å². The van der Waals surface area contributed by atoms with Crippen LogP contribution in [-0.2, 0) is 0 Å². The van der Waals surface area contributed by atoms with Crippen LogP contribution in [0.1, 0.15) is 18.4 Å². The van der Waals surface area contributed by atoms with Gasteiger partial charge in [-0.1, -0.05) is 6.92 Å². The van der Waals surface area contributed by atoms with Crippen LogP contribution in [0.25, 0.3) is 0 Å². The zero-order valence-corrected chi connectivity index (χ0v) is 11.0. The van der Waals surface area contributed by atoms with Crippen molar-refractivity contribution in [3.63, 3.8) is 0 Å². The minimum absolute atomic E-state index is 0.155. The molecule has 0 radical (unpaired) electrons. The fourth-order valence-electron chi connectivity index (χ4n) is 1.54. The predicted octanol–water partition coefficient (Wildman–Crippen LogP) is 2.70. The van der Waals surface area contributed by atoms with Gasteiger partial charge < -0.3 is 14.6 Å². The van der Waals surface area contributed by atoms with Gasteiger partial charge in [0.2, 0.25) is 0 Å². The standard InChI is InChI=1S/C11H14BrFO3/c1-6(5-14)9-8(13)4-7(12)10(15-2)11(9)16-3/h4,6,14H,5H2,1-3H3. The van der Waals surface area contributed by atoms with Gasteiger partial charge in [0.05, 0.1) is 18.7 Å². The first-order chi connectivity index (χ1) is 7.56. The lowest BCUT2D eigenvalue weighted by Gasteiger charge is -2.18. The second kappa shape index (κ2) is 5.50. The van der Waals surface area contributed by atoms with E-state index in [0.29, 0.717) is 21.5 Å². The third-order valence-electron chi connectivity index (χ3n) is 2.35. The Labute approximate surface area is 102 Å². The van der Waals surface area contributed by atoms with Gasteiger partial charge in [-0.15, -0.1) is 0 Å². The molecule has 0 saturated heterocycles. The van der Waals surface area contributed by atoms with Crippen molar-refractivity contribution in [3.05, 3.63) is 21.9 Å². The number of methoxy groups -OCH3 is 2. The van der Waals surface area contributed by atoms with E-state index in [4.69, 9.17) is 14.6 Å². The molecule has 0 aliphatic carbocycles. The van der Waals surface area contributed by atoms with Crippen LogP contribution >= 0.6 is 15.9 Å². The Bertz CT molecular complexity index is 382. The van der Waals surface area contributed by atoms with Crippen molar-refractivity contribution in [2.75, 3.05) is 20.8 Å². The van der Waals surface area contributed by atoms with Crippen LogP contribution in [0.2, 0.25) is 0 Å². The molecule has 1 atom stereocenters. The highest BCUT2D eigenvalue weighted by atomic mass is 79.9. The zero-order chi connectivity index (χ0) is 12.3. The zero-order valence-electron chi connectivity index (χ0n) is 9.38. The number of hydrogen-bond donors (Lipinski definition) is 1. The minimum Gasteiger partial charge on any atom is -0.492 e. The number of benzene rings is 1. The normalized spacial score (nSPS) is 12.4. The first-order valence-electron chi connectivity index (χ1n) is 4.77. The van der Waals surface area contributed by atoms with Crippen LogP contribution in [0.15, 0.2) is 10.5 Å². The molecule has 0 saturated carbocycles. The van der Waals surface area contributed by atoms with Crippen molar-refractivity contribution in [2.24, 2.45) is 0 Å². The third-order valence-corrected chi connectivity index (χ3v) is 2.94. The van der Waals surface area contributed by atoms with Crippen LogP contribution in [-0.4, -0.2) is 25.9 Å². The molecule has 16 heavy (non-hydrogen) atoms. The maximum Gasteiger partial charge on any atom is 0.175 e. The Hall–Kier alpha value is -0.810. The van der Waals surface area contributed by atoms with E-state index in [-0.39, 0.29) is 12.5 Å². The number of hydrogen-bond acceptors (Lipinski definition) is 3. The maximum atomic E-state index is 13.8. The Balaban J connectivity index is 3.45. The average Bonchev–Trinajstić information content (AvgIpc) is 2.27. The van der Waals surface area contributed by atoms with Crippen molar-refractivity contribution in [3.8, 4) is 11.5 Å². The molecular formula is C11H14BrFO3. The SMILES string of the molecule is COc1c(Br)cc(F)c(C(C)CO)c1OC. The first kappa shape index (κ1) is 13.3. The second-order valence-electron chi connectivity index (χ2n) is 3.40.